The lowest BCUT2D eigenvalue weighted by Crippen LogP contribution is -2.41. The molecule has 2 unspecified atom stereocenters. The second-order valence-electron chi connectivity index (χ2n) is 7.09. The first-order valence-electron chi connectivity index (χ1n) is 9.27. The van der Waals surface area contributed by atoms with Crippen LogP contribution in [0.1, 0.15) is 44.9 Å². The van der Waals surface area contributed by atoms with Crippen molar-refractivity contribution in [3.8, 4) is 0 Å². The van der Waals surface area contributed by atoms with Crippen LogP contribution in [0.2, 0.25) is 0 Å². The van der Waals surface area contributed by atoms with Crippen molar-refractivity contribution >= 4 is 29.9 Å². The van der Waals surface area contributed by atoms with Crippen LogP contribution in [0.4, 0.5) is 0 Å². The summed E-state index contributed by atoms with van der Waals surface area (Å²) in [6.45, 7) is 9.94. The number of nitrogens with zero attached hydrogens (tertiary/aromatic N) is 1. The number of hydrogen-bond donors (Lipinski definition) is 3. The van der Waals surface area contributed by atoms with E-state index in [9.17, 15) is 5.11 Å². The first kappa shape index (κ1) is 23.5. The molecule has 3 N–H and O–H groups in total. The molecule has 0 bridgehead atoms. The Balaban J connectivity index is 0.00000364. The molecule has 0 saturated carbocycles. The largest absolute Gasteiger partial charge is 0.466 e. The molecule has 2 rings (SSSR count). The van der Waals surface area contributed by atoms with Crippen LogP contribution >= 0.6 is 24.0 Å². The Bertz CT molecular complexity index is 670. The van der Waals surface area contributed by atoms with Gasteiger partial charge in [-0.05, 0) is 37.5 Å². The zero-order valence-electron chi connectivity index (χ0n) is 16.6. The number of halogens is 1. The molecule has 2 aromatic rings. The van der Waals surface area contributed by atoms with E-state index in [0.29, 0.717) is 23.6 Å². The summed E-state index contributed by atoms with van der Waals surface area (Å²) >= 11 is 0. The van der Waals surface area contributed by atoms with Crippen LogP contribution in [0.3, 0.4) is 0 Å². The van der Waals surface area contributed by atoms with Crippen molar-refractivity contribution in [1.82, 2.24) is 10.6 Å². The van der Waals surface area contributed by atoms with E-state index in [0.717, 1.165) is 13.1 Å². The Labute approximate surface area is 179 Å². The van der Waals surface area contributed by atoms with Gasteiger partial charge in [0.2, 0.25) is 0 Å². The van der Waals surface area contributed by atoms with Gasteiger partial charge >= 0.3 is 0 Å². The molecule has 0 aliphatic rings. The molecule has 1 heterocycles. The molecular formula is C21H32IN3O2. The fraction of sp³-hybridized carbons (Fsp3) is 0.476. The number of nitrogens with one attached hydrogen (secondary N) is 2. The Morgan fingerprint density at radius 1 is 1.15 bits per heavy atom. The predicted molar refractivity (Wildman–Crippen MR) is 122 cm³/mol. The summed E-state index contributed by atoms with van der Waals surface area (Å²) < 4.78 is 5.32. The number of furan rings is 1. The van der Waals surface area contributed by atoms with Gasteiger partial charge in [0.05, 0.1) is 12.8 Å². The smallest absolute Gasteiger partial charge is 0.191 e. The van der Waals surface area contributed by atoms with Crippen LogP contribution in [0.15, 0.2) is 58.1 Å². The molecule has 1 aromatic carbocycles. The summed E-state index contributed by atoms with van der Waals surface area (Å²) in [4.78, 5) is 4.55. The standard InChI is InChI=1S/C21H31N3O2.HI/c1-5-22-20(24-15-21(4,25)19-12-9-13-26-19)23-14-18(16(2)3)17-10-7-6-8-11-17;/h6-13,16,18,25H,5,14-15H2,1-4H3,(H2,22,23,24);1H. The lowest BCUT2D eigenvalue weighted by atomic mass is 9.88. The molecule has 0 saturated heterocycles. The van der Waals surface area contributed by atoms with Crippen molar-refractivity contribution in [1.29, 1.82) is 0 Å². The zero-order valence-corrected chi connectivity index (χ0v) is 18.9. The summed E-state index contributed by atoms with van der Waals surface area (Å²) in [5.74, 6) is 2.09. The number of hydrogen-bond acceptors (Lipinski definition) is 3. The van der Waals surface area contributed by atoms with Crippen LogP contribution in [0.25, 0.3) is 0 Å². The quantitative estimate of drug-likeness (QED) is 0.299. The van der Waals surface area contributed by atoms with Gasteiger partial charge in [-0.3, -0.25) is 0 Å². The van der Waals surface area contributed by atoms with E-state index in [-0.39, 0.29) is 30.5 Å². The van der Waals surface area contributed by atoms with Crippen molar-refractivity contribution in [2.45, 2.75) is 39.2 Å². The molecule has 0 aliphatic heterocycles. The van der Waals surface area contributed by atoms with Crippen molar-refractivity contribution in [2.24, 2.45) is 10.9 Å². The maximum absolute atomic E-state index is 10.6. The summed E-state index contributed by atoms with van der Waals surface area (Å²) in [7, 11) is 0. The van der Waals surface area contributed by atoms with Gasteiger partial charge < -0.3 is 20.2 Å². The van der Waals surface area contributed by atoms with E-state index in [1.54, 1.807) is 25.3 Å². The van der Waals surface area contributed by atoms with Gasteiger partial charge in [-0.1, -0.05) is 44.2 Å². The molecule has 27 heavy (non-hydrogen) atoms. The summed E-state index contributed by atoms with van der Waals surface area (Å²) in [6, 6.07) is 14.0. The maximum atomic E-state index is 10.6. The van der Waals surface area contributed by atoms with E-state index in [1.165, 1.54) is 5.56 Å². The number of guanidine groups is 1. The molecule has 0 fully saturated rings. The molecule has 6 heteroatoms. The van der Waals surface area contributed by atoms with Gasteiger partial charge in [-0.15, -0.1) is 24.0 Å². The van der Waals surface area contributed by atoms with E-state index in [1.807, 2.05) is 13.0 Å². The monoisotopic (exact) mass is 485 g/mol. The van der Waals surface area contributed by atoms with Gasteiger partial charge in [0.15, 0.2) is 5.96 Å². The number of aliphatic imine (C=N–C) groups is 1. The third kappa shape index (κ3) is 7.18. The fourth-order valence-corrected chi connectivity index (χ4v) is 2.88. The van der Waals surface area contributed by atoms with E-state index >= 15 is 0 Å². The summed E-state index contributed by atoms with van der Waals surface area (Å²) in [5.41, 5.74) is 0.177. The lowest BCUT2D eigenvalue weighted by molar-refractivity contribution is 0.0437. The molecule has 5 nitrogen and oxygen atoms in total. The third-order valence-electron chi connectivity index (χ3n) is 4.46. The average Bonchev–Trinajstić information content (AvgIpc) is 3.16. The molecule has 150 valence electrons. The highest BCUT2D eigenvalue weighted by Gasteiger charge is 2.26. The summed E-state index contributed by atoms with van der Waals surface area (Å²) in [5, 5.41) is 17.2. The van der Waals surface area contributed by atoms with E-state index < -0.39 is 5.60 Å². The predicted octanol–water partition coefficient (Wildman–Crippen LogP) is 4.10. The molecule has 1 aromatic heterocycles. The highest BCUT2D eigenvalue weighted by atomic mass is 127. The van der Waals surface area contributed by atoms with Crippen LogP contribution in [0, 0.1) is 5.92 Å². The Morgan fingerprint density at radius 3 is 2.41 bits per heavy atom. The molecule has 0 radical (unpaired) electrons. The van der Waals surface area contributed by atoms with E-state index in [4.69, 9.17) is 4.42 Å². The average molecular weight is 485 g/mol. The van der Waals surface area contributed by atoms with Gasteiger partial charge in [-0.2, -0.15) is 0 Å². The minimum Gasteiger partial charge on any atom is -0.466 e. The highest BCUT2D eigenvalue weighted by molar-refractivity contribution is 14.0. The van der Waals surface area contributed by atoms with E-state index in [2.05, 4.69) is 53.7 Å². The minimum absolute atomic E-state index is 0. The molecule has 0 spiro atoms. The second kappa shape index (κ2) is 11.3. The maximum Gasteiger partial charge on any atom is 0.191 e. The van der Waals surface area contributed by atoms with Crippen LogP contribution in [-0.2, 0) is 5.60 Å². The van der Waals surface area contributed by atoms with Gasteiger partial charge in [0, 0.05) is 19.0 Å². The Kier molecular flexibility index (Phi) is 9.87. The first-order valence-corrected chi connectivity index (χ1v) is 9.27. The van der Waals surface area contributed by atoms with Gasteiger partial charge in [0.25, 0.3) is 0 Å². The molecule has 0 amide bonds. The number of rotatable bonds is 8. The number of aliphatic hydroxyl groups is 1. The third-order valence-corrected chi connectivity index (χ3v) is 4.46. The first-order chi connectivity index (χ1) is 12.4. The van der Waals surface area contributed by atoms with Crippen molar-refractivity contribution < 1.29 is 9.52 Å². The SMILES string of the molecule is CCNC(=NCC(C)(O)c1ccco1)NCC(c1ccccc1)C(C)C.I. The minimum atomic E-state index is -1.14. The molecule has 2 atom stereocenters. The van der Waals surface area contributed by atoms with Gasteiger partial charge in [0.1, 0.15) is 11.4 Å². The normalized spacial score (nSPS) is 15.0. The topological polar surface area (TPSA) is 69.8 Å². The second-order valence-corrected chi connectivity index (χ2v) is 7.09. The van der Waals surface area contributed by atoms with Crippen molar-refractivity contribution in [3.63, 3.8) is 0 Å². The zero-order chi connectivity index (χ0) is 19.0. The van der Waals surface area contributed by atoms with Crippen molar-refractivity contribution in [2.75, 3.05) is 19.6 Å². The highest BCUT2D eigenvalue weighted by Crippen LogP contribution is 2.23. The van der Waals surface area contributed by atoms with Crippen molar-refractivity contribution in [3.05, 3.63) is 60.1 Å². The fourth-order valence-electron chi connectivity index (χ4n) is 2.88. The Hall–Kier alpha value is -1.54. The van der Waals surface area contributed by atoms with Crippen LogP contribution in [-0.4, -0.2) is 30.7 Å². The van der Waals surface area contributed by atoms with Crippen LogP contribution < -0.4 is 10.6 Å². The number of benzene rings is 1. The molecular weight excluding hydrogens is 453 g/mol. The lowest BCUT2D eigenvalue weighted by Gasteiger charge is -2.24. The summed E-state index contributed by atoms with van der Waals surface area (Å²) in [6.07, 6.45) is 1.56. The van der Waals surface area contributed by atoms with Crippen LogP contribution in [0.5, 0.6) is 0 Å². The Morgan fingerprint density at radius 2 is 1.85 bits per heavy atom. The molecule has 0 aliphatic carbocycles. The van der Waals surface area contributed by atoms with Gasteiger partial charge in [-0.25, -0.2) is 4.99 Å².